The zero-order valence-electron chi connectivity index (χ0n) is 11.5. The molecule has 1 spiro atoms. The second kappa shape index (κ2) is 7.24. The maximum Gasteiger partial charge on any atom is 0.0824 e. The summed E-state index contributed by atoms with van der Waals surface area (Å²) in [5.41, 5.74) is 0.258. The van der Waals surface area contributed by atoms with E-state index < -0.39 is 0 Å². The lowest BCUT2D eigenvalue weighted by atomic mass is 9.95. The number of likely N-dealkylation sites (tertiary alicyclic amines) is 1. The highest BCUT2D eigenvalue weighted by Gasteiger charge is 2.42. The molecule has 0 radical (unpaired) electrons. The highest BCUT2D eigenvalue weighted by molar-refractivity contribution is 4.95. The fourth-order valence-corrected chi connectivity index (χ4v) is 2.40. The number of rotatable bonds is 0. The number of hydrogen-bond acceptors (Lipinski definition) is 2. The van der Waals surface area contributed by atoms with Gasteiger partial charge in [-0.1, -0.05) is 34.6 Å². The molecule has 0 aromatic heterocycles. The van der Waals surface area contributed by atoms with Gasteiger partial charge in [0.05, 0.1) is 12.2 Å². The Kier molecular flexibility index (Phi) is 7.20. The van der Waals surface area contributed by atoms with E-state index in [0.717, 1.165) is 19.1 Å². The van der Waals surface area contributed by atoms with Crippen LogP contribution < -0.4 is 0 Å². The molecule has 2 heterocycles. The number of hydrogen-bond donors (Lipinski definition) is 0. The summed E-state index contributed by atoms with van der Waals surface area (Å²) in [4.78, 5) is 2.37. The van der Waals surface area contributed by atoms with Crippen LogP contribution in [0, 0.1) is 5.92 Å². The van der Waals surface area contributed by atoms with Crippen LogP contribution in [0.15, 0.2) is 0 Å². The van der Waals surface area contributed by atoms with Gasteiger partial charge in [0.15, 0.2) is 0 Å². The molecule has 0 aromatic rings. The third-order valence-electron chi connectivity index (χ3n) is 2.90. The van der Waals surface area contributed by atoms with Crippen LogP contribution in [-0.4, -0.2) is 37.2 Å². The largest absolute Gasteiger partial charge is 0.373 e. The van der Waals surface area contributed by atoms with E-state index in [4.69, 9.17) is 4.74 Å². The van der Waals surface area contributed by atoms with E-state index in [-0.39, 0.29) is 5.60 Å². The molecule has 2 rings (SSSR count). The van der Waals surface area contributed by atoms with E-state index in [1.165, 1.54) is 19.4 Å². The molecule has 2 heteroatoms. The highest BCUT2D eigenvalue weighted by Crippen LogP contribution is 2.36. The number of nitrogens with zero attached hydrogens (tertiary/aromatic N) is 1. The molecule has 0 saturated carbocycles. The first-order valence-corrected chi connectivity index (χ1v) is 6.53. The average molecular weight is 215 g/mol. The van der Waals surface area contributed by atoms with Crippen LogP contribution in [-0.2, 0) is 4.74 Å². The SMILES string of the molecule is CC.CC.CC1COC2(CCN(C)C2)C1. The molecule has 2 nitrogen and oxygen atoms in total. The van der Waals surface area contributed by atoms with Crippen LogP contribution in [0.3, 0.4) is 0 Å². The van der Waals surface area contributed by atoms with Gasteiger partial charge in [0.2, 0.25) is 0 Å². The van der Waals surface area contributed by atoms with Gasteiger partial charge in [-0.3, -0.25) is 0 Å². The van der Waals surface area contributed by atoms with Crippen LogP contribution in [0.1, 0.15) is 47.5 Å². The van der Waals surface area contributed by atoms with Gasteiger partial charge in [-0.25, -0.2) is 0 Å². The molecule has 92 valence electrons. The molecule has 0 bridgehead atoms. The molecule has 2 atom stereocenters. The minimum Gasteiger partial charge on any atom is -0.373 e. The maximum absolute atomic E-state index is 5.84. The Bertz CT molecular complexity index is 141. The van der Waals surface area contributed by atoms with Crippen molar-refractivity contribution in [3.8, 4) is 0 Å². The predicted molar refractivity (Wildman–Crippen MR) is 67.3 cm³/mol. The maximum atomic E-state index is 5.84. The van der Waals surface area contributed by atoms with E-state index in [1.54, 1.807) is 0 Å². The van der Waals surface area contributed by atoms with Gasteiger partial charge in [0.1, 0.15) is 0 Å². The second-order valence-corrected chi connectivity index (χ2v) is 4.29. The Balaban J connectivity index is 0.000000442. The van der Waals surface area contributed by atoms with Gasteiger partial charge < -0.3 is 9.64 Å². The lowest BCUT2D eigenvalue weighted by molar-refractivity contribution is 0.0136. The van der Waals surface area contributed by atoms with Crippen molar-refractivity contribution in [2.75, 3.05) is 26.7 Å². The molecule has 0 amide bonds. The lowest BCUT2D eigenvalue weighted by Crippen LogP contribution is -2.31. The molecular formula is C13H29NO. The minimum atomic E-state index is 0.258. The molecule has 15 heavy (non-hydrogen) atoms. The quantitative estimate of drug-likeness (QED) is 0.615. The molecule has 0 aromatic carbocycles. The lowest BCUT2D eigenvalue weighted by Gasteiger charge is -2.21. The third-order valence-corrected chi connectivity index (χ3v) is 2.90. The third kappa shape index (κ3) is 4.12. The molecule has 2 saturated heterocycles. The molecule has 2 fully saturated rings. The smallest absolute Gasteiger partial charge is 0.0824 e. The van der Waals surface area contributed by atoms with Gasteiger partial charge in [-0.05, 0) is 25.8 Å². The second-order valence-electron chi connectivity index (χ2n) is 4.29. The van der Waals surface area contributed by atoms with Gasteiger partial charge in [-0.15, -0.1) is 0 Å². The Morgan fingerprint density at radius 3 is 2.13 bits per heavy atom. The monoisotopic (exact) mass is 215 g/mol. The van der Waals surface area contributed by atoms with Crippen LogP contribution in [0.4, 0.5) is 0 Å². The molecule has 2 unspecified atom stereocenters. The zero-order valence-corrected chi connectivity index (χ0v) is 11.5. The zero-order chi connectivity index (χ0) is 11.9. The highest BCUT2D eigenvalue weighted by atomic mass is 16.5. The Labute approximate surface area is 96.0 Å². The summed E-state index contributed by atoms with van der Waals surface area (Å²) < 4.78 is 5.84. The van der Waals surface area contributed by atoms with E-state index in [0.29, 0.717) is 0 Å². The van der Waals surface area contributed by atoms with Crippen molar-refractivity contribution in [3.63, 3.8) is 0 Å². The molecular weight excluding hydrogens is 186 g/mol. The molecule has 2 aliphatic heterocycles. The summed E-state index contributed by atoms with van der Waals surface area (Å²) in [5, 5.41) is 0. The summed E-state index contributed by atoms with van der Waals surface area (Å²) in [7, 11) is 2.18. The summed E-state index contributed by atoms with van der Waals surface area (Å²) in [6.07, 6.45) is 2.52. The first kappa shape index (κ1) is 14.9. The van der Waals surface area contributed by atoms with E-state index in [9.17, 15) is 0 Å². The average Bonchev–Trinajstić information content (AvgIpc) is 2.81. The van der Waals surface area contributed by atoms with Gasteiger partial charge >= 0.3 is 0 Å². The Morgan fingerprint density at radius 2 is 1.80 bits per heavy atom. The topological polar surface area (TPSA) is 12.5 Å². The van der Waals surface area contributed by atoms with Gasteiger partial charge in [0.25, 0.3) is 0 Å². The van der Waals surface area contributed by atoms with Crippen molar-refractivity contribution in [2.45, 2.75) is 53.1 Å². The van der Waals surface area contributed by atoms with Crippen molar-refractivity contribution in [1.29, 1.82) is 0 Å². The summed E-state index contributed by atoms with van der Waals surface area (Å²) in [5.74, 6) is 0.779. The Hall–Kier alpha value is -0.0800. The molecule has 2 aliphatic rings. The van der Waals surface area contributed by atoms with Crippen molar-refractivity contribution < 1.29 is 4.74 Å². The van der Waals surface area contributed by atoms with Crippen molar-refractivity contribution in [3.05, 3.63) is 0 Å². The predicted octanol–water partition coefficient (Wildman–Crippen LogP) is 3.17. The first-order valence-electron chi connectivity index (χ1n) is 6.53. The number of likely N-dealkylation sites (N-methyl/N-ethyl adjacent to an activating group) is 1. The van der Waals surface area contributed by atoms with Crippen molar-refractivity contribution in [1.82, 2.24) is 4.90 Å². The summed E-state index contributed by atoms with van der Waals surface area (Å²) in [6.45, 7) is 13.6. The fraction of sp³-hybridized carbons (Fsp3) is 1.00. The van der Waals surface area contributed by atoms with Crippen LogP contribution in [0.2, 0.25) is 0 Å². The van der Waals surface area contributed by atoms with Crippen LogP contribution >= 0.6 is 0 Å². The van der Waals surface area contributed by atoms with Crippen molar-refractivity contribution in [2.24, 2.45) is 5.92 Å². The normalized spacial score (nSPS) is 34.4. The van der Waals surface area contributed by atoms with E-state index >= 15 is 0 Å². The summed E-state index contributed by atoms with van der Waals surface area (Å²) in [6, 6.07) is 0. The molecule has 0 N–H and O–H groups in total. The first-order chi connectivity index (χ1) is 7.20. The minimum absolute atomic E-state index is 0.258. The van der Waals surface area contributed by atoms with Crippen molar-refractivity contribution >= 4 is 0 Å². The van der Waals surface area contributed by atoms with Crippen LogP contribution in [0.25, 0.3) is 0 Å². The summed E-state index contributed by atoms with van der Waals surface area (Å²) >= 11 is 0. The number of ether oxygens (including phenoxy) is 1. The van der Waals surface area contributed by atoms with E-state index in [2.05, 4.69) is 18.9 Å². The van der Waals surface area contributed by atoms with Gasteiger partial charge in [0, 0.05) is 13.1 Å². The van der Waals surface area contributed by atoms with E-state index in [1.807, 2.05) is 27.7 Å². The van der Waals surface area contributed by atoms with Gasteiger partial charge in [-0.2, -0.15) is 0 Å². The van der Waals surface area contributed by atoms with Crippen LogP contribution in [0.5, 0.6) is 0 Å². The fourth-order valence-electron chi connectivity index (χ4n) is 2.40. The Morgan fingerprint density at radius 1 is 1.20 bits per heavy atom. The molecule has 0 aliphatic carbocycles. The standard InChI is InChI=1S/C9H17NO.2C2H6/c1-8-5-9(11-6-8)3-4-10(2)7-9;2*1-2/h8H,3-7H2,1-2H3;2*1-2H3.